The minimum atomic E-state index is -0.123. The highest BCUT2D eigenvalue weighted by Crippen LogP contribution is 2.13. The Labute approximate surface area is 107 Å². The first-order valence-corrected chi connectivity index (χ1v) is 6.29. The molecule has 0 bridgehead atoms. The molecule has 1 unspecified atom stereocenters. The van der Waals surface area contributed by atoms with Crippen LogP contribution in [0.15, 0.2) is 6.20 Å². The molecule has 2 rings (SSSR count). The Hall–Kier alpha value is -1.56. The number of carbonyl (C=O) groups excluding carboxylic acids is 1. The number of rotatable bonds is 5. The lowest BCUT2D eigenvalue weighted by Crippen LogP contribution is -2.30. The molecule has 0 aliphatic carbocycles. The quantitative estimate of drug-likeness (QED) is 0.810. The van der Waals surface area contributed by atoms with Gasteiger partial charge in [-0.05, 0) is 12.3 Å². The van der Waals surface area contributed by atoms with Gasteiger partial charge in [0.05, 0.1) is 6.61 Å². The molecular formula is C12H20N4O2. The van der Waals surface area contributed by atoms with Crippen molar-refractivity contribution >= 4 is 11.9 Å². The fraction of sp³-hybridized carbons (Fsp3) is 0.667. The average Bonchev–Trinajstić information content (AvgIpc) is 2.80. The third-order valence-corrected chi connectivity index (χ3v) is 2.93. The van der Waals surface area contributed by atoms with Gasteiger partial charge < -0.3 is 19.9 Å². The topological polar surface area (TPSA) is 68.2 Å². The Morgan fingerprint density at radius 2 is 2.56 bits per heavy atom. The Bertz CT molecular complexity index is 393. The highest BCUT2D eigenvalue weighted by molar-refractivity contribution is 5.92. The van der Waals surface area contributed by atoms with E-state index in [0.717, 1.165) is 25.5 Å². The van der Waals surface area contributed by atoms with E-state index in [9.17, 15) is 4.79 Å². The molecule has 0 saturated heterocycles. The van der Waals surface area contributed by atoms with Gasteiger partial charge in [-0.3, -0.25) is 4.79 Å². The number of hydrogen-bond donors (Lipinski definition) is 2. The number of ether oxygens (including phenoxy) is 1. The Morgan fingerprint density at radius 1 is 1.72 bits per heavy atom. The van der Waals surface area contributed by atoms with Crippen LogP contribution in [0.5, 0.6) is 0 Å². The smallest absolute Gasteiger partial charge is 0.271 e. The van der Waals surface area contributed by atoms with Gasteiger partial charge in [0.1, 0.15) is 5.69 Å². The molecule has 1 aliphatic rings. The van der Waals surface area contributed by atoms with Crippen LogP contribution in [0.25, 0.3) is 0 Å². The second-order valence-electron chi connectivity index (χ2n) is 4.69. The van der Waals surface area contributed by atoms with Crippen molar-refractivity contribution in [3.63, 3.8) is 0 Å². The molecule has 1 aromatic rings. The summed E-state index contributed by atoms with van der Waals surface area (Å²) in [5, 5.41) is 6.05. The van der Waals surface area contributed by atoms with E-state index in [2.05, 4.69) is 15.6 Å². The number of aromatic nitrogens is 2. The second kappa shape index (κ2) is 5.86. The van der Waals surface area contributed by atoms with Gasteiger partial charge in [0, 0.05) is 32.9 Å². The van der Waals surface area contributed by atoms with E-state index in [-0.39, 0.29) is 5.91 Å². The molecule has 1 atom stereocenters. The van der Waals surface area contributed by atoms with E-state index in [1.165, 1.54) is 0 Å². The highest BCUT2D eigenvalue weighted by atomic mass is 16.5. The van der Waals surface area contributed by atoms with Crippen LogP contribution in [-0.4, -0.2) is 42.3 Å². The Kier molecular flexibility index (Phi) is 4.19. The molecule has 100 valence electrons. The predicted molar refractivity (Wildman–Crippen MR) is 68.7 cm³/mol. The molecule has 0 radical (unpaired) electrons. The summed E-state index contributed by atoms with van der Waals surface area (Å²) >= 11 is 0. The standard InChI is InChI=1S/C12H20N4O2/c1-9(8-18-2)6-14-11(17)10-7-16-5-3-4-13-12(16)15-10/h7,9H,3-6,8H2,1-2H3,(H,13,15)(H,14,17). The number of amides is 1. The number of methoxy groups -OCH3 is 1. The van der Waals surface area contributed by atoms with Gasteiger partial charge in [-0.25, -0.2) is 4.98 Å². The van der Waals surface area contributed by atoms with Crippen LogP contribution in [-0.2, 0) is 11.3 Å². The summed E-state index contributed by atoms with van der Waals surface area (Å²) in [6.07, 6.45) is 2.87. The maximum absolute atomic E-state index is 11.9. The van der Waals surface area contributed by atoms with E-state index < -0.39 is 0 Å². The number of hydrogen-bond acceptors (Lipinski definition) is 4. The molecule has 6 nitrogen and oxygen atoms in total. The number of fused-ring (bicyclic) bond motifs is 1. The zero-order chi connectivity index (χ0) is 13.0. The molecule has 1 aliphatic heterocycles. The van der Waals surface area contributed by atoms with Crippen LogP contribution in [0.2, 0.25) is 0 Å². The van der Waals surface area contributed by atoms with Crippen LogP contribution in [0.1, 0.15) is 23.8 Å². The van der Waals surface area contributed by atoms with E-state index in [0.29, 0.717) is 24.8 Å². The molecule has 0 fully saturated rings. The molecule has 1 aromatic heterocycles. The molecule has 2 heterocycles. The lowest BCUT2D eigenvalue weighted by atomic mass is 10.2. The van der Waals surface area contributed by atoms with Crippen molar-refractivity contribution < 1.29 is 9.53 Å². The zero-order valence-electron chi connectivity index (χ0n) is 10.9. The zero-order valence-corrected chi connectivity index (χ0v) is 10.9. The van der Waals surface area contributed by atoms with E-state index in [1.54, 1.807) is 13.3 Å². The molecule has 18 heavy (non-hydrogen) atoms. The fourth-order valence-electron chi connectivity index (χ4n) is 1.99. The Balaban J connectivity index is 1.90. The summed E-state index contributed by atoms with van der Waals surface area (Å²) in [6, 6.07) is 0. The number of imidazole rings is 1. The lowest BCUT2D eigenvalue weighted by Gasteiger charge is -2.14. The summed E-state index contributed by atoms with van der Waals surface area (Å²) in [5.41, 5.74) is 0.476. The predicted octanol–water partition coefficient (Wildman–Crippen LogP) is 0.711. The van der Waals surface area contributed by atoms with Gasteiger partial charge >= 0.3 is 0 Å². The van der Waals surface area contributed by atoms with Crippen molar-refractivity contribution in [2.24, 2.45) is 5.92 Å². The summed E-state index contributed by atoms with van der Waals surface area (Å²) < 4.78 is 7.01. The van der Waals surface area contributed by atoms with Crippen molar-refractivity contribution in [3.05, 3.63) is 11.9 Å². The van der Waals surface area contributed by atoms with Crippen molar-refractivity contribution in [1.82, 2.24) is 14.9 Å². The largest absolute Gasteiger partial charge is 0.384 e. The number of nitrogens with zero attached hydrogens (tertiary/aromatic N) is 2. The number of aryl methyl sites for hydroxylation is 1. The van der Waals surface area contributed by atoms with Crippen LogP contribution >= 0.6 is 0 Å². The molecule has 6 heteroatoms. The first-order valence-electron chi connectivity index (χ1n) is 6.29. The van der Waals surface area contributed by atoms with Gasteiger partial charge in [0.2, 0.25) is 5.95 Å². The highest BCUT2D eigenvalue weighted by Gasteiger charge is 2.16. The van der Waals surface area contributed by atoms with Crippen LogP contribution in [0.3, 0.4) is 0 Å². The summed E-state index contributed by atoms with van der Waals surface area (Å²) in [4.78, 5) is 16.2. The minimum Gasteiger partial charge on any atom is -0.384 e. The van der Waals surface area contributed by atoms with Gasteiger partial charge in [0.25, 0.3) is 5.91 Å². The molecule has 0 saturated carbocycles. The first-order chi connectivity index (χ1) is 8.70. The third kappa shape index (κ3) is 3.01. The van der Waals surface area contributed by atoms with Gasteiger partial charge in [-0.1, -0.05) is 6.92 Å². The van der Waals surface area contributed by atoms with Gasteiger partial charge in [0.15, 0.2) is 0 Å². The molecule has 0 spiro atoms. The van der Waals surface area contributed by atoms with Crippen LogP contribution < -0.4 is 10.6 Å². The summed E-state index contributed by atoms with van der Waals surface area (Å²) in [7, 11) is 1.66. The van der Waals surface area contributed by atoms with Crippen LogP contribution in [0.4, 0.5) is 5.95 Å². The third-order valence-electron chi connectivity index (χ3n) is 2.93. The molecule has 1 amide bonds. The summed E-state index contributed by atoms with van der Waals surface area (Å²) in [5.74, 6) is 0.965. The number of nitrogens with one attached hydrogen (secondary N) is 2. The average molecular weight is 252 g/mol. The first kappa shape index (κ1) is 12.9. The van der Waals surface area contributed by atoms with Crippen molar-refractivity contribution in [2.75, 3.05) is 32.1 Å². The maximum Gasteiger partial charge on any atom is 0.271 e. The van der Waals surface area contributed by atoms with Crippen LogP contribution in [0, 0.1) is 5.92 Å². The minimum absolute atomic E-state index is 0.123. The fourth-order valence-corrected chi connectivity index (χ4v) is 1.99. The molecule has 2 N–H and O–H groups in total. The van der Waals surface area contributed by atoms with Crippen molar-refractivity contribution in [1.29, 1.82) is 0 Å². The number of carbonyl (C=O) groups is 1. The normalized spacial score (nSPS) is 15.7. The lowest BCUT2D eigenvalue weighted by molar-refractivity contribution is 0.0929. The second-order valence-corrected chi connectivity index (χ2v) is 4.69. The maximum atomic E-state index is 11.9. The van der Waals surface area contributed by atoms with E-state index in [4.69, 9.17) is 4.74 Å². The van der Waals surface area contributed by atoms with Gasteiger partial charge in [-0.2, -0.15) is 0 Å². The monoisotopic (exact) mass is 252 g/mol. The van der Waals surface area contributed by atoms with E-state index in [1.807, 2.05) is 11.5 Å². The van der Waals surface area contributed by atoms with Crippen molar-refractivity contribution in [3.8, 4) is 0 Å². The summed E-state index contributed by atoms with van der Waals surface area (Å²) in [6.45, 7) is 5.11. The molecule has 0 aromatic carbocycles. The number of anilines is 1. The molecular weight excluding hydrogens is 232 g/mol. The van der Waals surface area contributed by atoms with Gasteiger partial charge in [-0.15, -0.1) is 0 Å². The Morgan fingerprint density at radius 3 is 3.28 bits per heavy atom. The SMILES string of the molecule is COCC(C)CNC(=O)c1cn2c(n1)NCCC2. The van der Waals surface area contributed by atoms with E-state index >= 15 is 0 Å². The van der Waals surface area contributed by atoms with Crippen molar-refractivity contribution in [2.45, 2.75) is 19.9 Å².